The van der Waals surface area contributed by atoms with E-state index in [1.165, 1.54) is 0 Å². The Balaban J connectivity index is 3.17. The summed E-state index contributed by atoms with van der Waals surface area (Å²) in [5.74, 6) is 0. The molecule has 2 heteroatoms. The van der Waals surface area contributed by atoms with E-state index in [1.807, 2.05) is 13.8 Å². The van der Waals surface area contributed by atoms with Crippen LogP contribution in [-0.2, 0) is 0 Å². The molecule has 0 spiro atoms. The molecule has 0 aromatic heterocycles. The van der Waals surface area contributed by atoms with E-state index in [1.54, 1.807) is 0 Å². The normalized spacial score (nSPS) is 20.0. The molecule has 0 heterocycles. The van der Waals surface area contributed by atoms with Crippen LogP contribution in [0.5, 0.6) is 0 Å². The van der Waals surface area contributed by atoms with Gasteiger partial charge in [0.05, 0.1) is 4.45 Å². The van der Waals surface area contributed by atoms with E-state index in [0.29, 0.717) is 0 Å². The summed E-state index contributed by atoms with van der Waals surface area (Å²) in [5.41, 5.74) is 5.45. The van der Waals surface area contributed by atoms with E-state index >= 15 is 0 Å². The summed E-state index contributed by atoms with van der Waals surface area (Å²) in [4.78, 5) is 0. The molecule has 2 N–H and O–H groups in total. The fourth-order valence-corrected chi connectivity index (χ4v) is 0. The van der Waals surface area contributed by atoms with Crippen LogP contribution in [0.3, 0.4) is 0 Å². The van der Waals surface area contributed by atoms with Crippen molar-refractivity contribution < 1.29 is 0 Å². The minimum atomic E-state index is -0.146. The molecule has 0 saturated heterocycles. The Hall–Kier alpha value is 0.440. The van der Waals surface area contributed by atoms with Gasteiger partial charge in [-0.05, 0) is 13.3 Å². The molecule has 0 saturated carbocycles. The van der Waals surface area contributed by atoms with Crippen molar-refractivity contribution in [1.29, 1.82) is 0 Å². The Morgan fingerprint density at radius 1 is 1.83 bits per heavy atom. The molecule has 0 aromatic carbocycles. The summed E-state index contributed by atoms with van der Waals surface area (Å²) in [6.45, 7) is 3.97. The van der Waals surface area contributed by atoms with Crippen LogP contribution in [0.25, 0.3) is 0 Å². The maximum Gasteiger partial charge on any atom is 0.0686 e. The Morgan fingerprint density at radius 2 is 2.00 bits per heavy atom. The topological polar surface area (TPSA) is 26.0 Å². The maximum atomic E-state index is 5.45. The number of alkyl halides is 1. The third kappa shape index (κ3) is 4.44. The standard InChI is InChI=1S/C4H10BrN/c1-3-4(2,5)6/h3,6H2,1-2H3. The number of halogens is 1. The van der Waals surface area contributed by atoms with Crippen molar-refractivity contribution in [3.63, 3.8) is 0 Å². The lowest BCUT2D eigenvalue weighted by Crippen LogP contribution is -2.26. The molecule has 1 nitrogen and oxygen atoms in total. The van der Waals surface area contributed by atoms with Crippen molar-refractivity contribution in [1.82, 2.24) is 0 Å². The van der Waals surface area contributed by atoms with Gasteiger partial charge in [-0.25, -0.2) is 0 Å². The average Bonchev–Trinajstić information content (AvgIpc) is 1.35. The SMILES string of the molecule is CCC(C)(N)Br. The summed E-state index contributed by atoms with van der Waals surface area (Å²) in [6, 6.07) is 0. The second-order valence-corrected chi connectivity index (χ2v) is 3.44. The quantitative estimate of drug-likeness (QED) is 0.446. The van der Waals surface area contributed by atoms with Crippen molar-refractivity contribution >= 4 is 15.9 Å². The van der Waals surface area contributed by atoms with Crippen LogP contribution in [0.15, 0.2) is 0 Å². The van der Waals surface area contributed by atoms with E-state index in [9.17, 15) is 0 Å². The molecule has 1 unspecified atom stereocenters. The molecule has 38 valence electrons. The fraction of sp³-hybridized carbons (Fsp3) is 1.00. The predicted octanol–water partition coefficient (Wildman–Crippen LogP) is 1.47. The largest absolute Gasteiger partial charge is 0.317 e. The summed E-state index contributed by atoms with van der Waals surface area (Å²) in [6.07, 6.45) is 0.965. The first-order chi connectivity index (χ1) is 2.56. The molecule has 0 bridgehead atoms. The maximum absolute atomic E-state index is 5.45. The zero-order valence-electron chi connectivity index (χ0n) is 4.16. The van der Waals surface area contributed by atoms with Gasteiger partial charge in [0.25, 0.3) is 0 Å². The van der Waals surface area contributed by atoms with Gasteiger partial charge in [-0.1, -0.05) is 22.9 Å². The van der Waals surface area contributed by atoms with E-state index in [0.717, 1.165) is 6.42 Å². The molecule has 0 aliphatic rings. The Morgan fingerprint density at radius 3 is 2.00 bits per heavy atom. The van der Waals surface area contributed by atoms with E-state index in [-0.39, 0.29) is 4.45 Å². The van der Waals surface area contributed by atoms with Gasteiger partial charge in [0.15, 0.2) is 0 Å². The monoisotopic (exact) mass is 151 g/mol. The molecule has 0 fully saturated rings. The van der Waals surface area contributed by atoms with Crippen LogP contribution in [0.4, 0.5) is 0 Å². The smallest absolute Gasteiger partial charge is 0.0686 e. The summed E-state index contributed by atoms with van der Waals surface area (Å²) in [7, 11) is 0. The molecule has 0 amide bonds. The predicted molar refractivity (Wildman–Crippen MR) is 31.8 cm³/mol. The molecular weight excluding hydrogens is 142 g/mol. The van der Waals surface area contributed by atoms with Gasteiger partial charge in [0.2, 0.25) is 0 Å². The van der Waals surface area contributed by atoms with E-state index in [2.05, 4.69) is 15.9 Å². The zero-order valence-corrected chi connectivity index (χ0v) is 5.75. The second kappa shape index (κ2) is 1.94. The van der Waals surface area contributed by atoms with Gasteiger partial charge in [0.1, 0.15) is 0 Å². The van der Waals surface area contributed by atoms with Crippen LogP contribution >= 0.6 is 15.9 Å². The van der Waals surface area contributed by atoms with Crippen molar-refractivity contribution in [2.24, 2.45) is 5.73 Å². The highest BCUT2D eigenvalue weighted by atomic mass is 79.9. The van der Waals surface area contributed by atoms with E-state index < -0.39 is 0 Å². The van der Waals surface area contributed by atoms with Crippen LogP contribution in [0, 0.1) is 0 Å². The van der Waals surface area contributed by atoms with Gasteiger partial charge in [-0.15, -0.1) is 0 Å². The van der Waals surface area contributed by atoms with Gasteiger partial charge in [-0.3, -0.25) is 0 Å². The number of hydrogen-bond donors (Lipinski definition) is 1. The summed E-state index contributed by atoms with van der Waals surface area (Å²) >= 11 is 3.26. The molecule has 0 aliphatic heterocycles. The second-order valence-electron chi connectivity index (χ2n) is 1.63. The van der Waals surface area contributed by atoms with Gasteiger partial charge in [0, 0.05) is 0 Å². The third-order valence-corrected chi connectivity index (χ3v) is 1.25. The third-order valence-electron chi connectivity index (χ3n) is 0.691. The first kappa shape index (κ1) is 6.44. The average molecular weight is 152 g/mol. The van der Waals surface area contributed by atoms with E-state index in [4.69, 9.17) is 5.73 Å². The van der Waals surface area contributed by atoms with Crippen molar-refractivity contribution in [3.05, 3.63) is 0 Å². The lowest BCUT2D eigenvalue weighted by molar-refractivity contribution is 0.667. The molecule has 0 rings (SSSR count). The van der Waals surface area contributed by atoms with Crippen molar-refractivity contribution in [2.45, 2.75) is 24.7 Å². The summed E-state index contributed by atoms with van der Waals surface area (Å²) in [5, 5.41) is 0. The lowest BCUT2D eigenvalue weighted by atomic mass is 10.3. The highest BCUT2D eigenvalue weighted by Crippen LogP contribution is 2.11. The van der Waals surface area contributed by atoms with Gasteiger partial charge in [-0.2, -0.15) is 0 Å². The molecule has 0 aliphatic carbocycles. The van der Waals surface area contributed by atoms with Gasteiger partial charge < -0.3 is 5.73 Å². The minimum Gasteiger partial charge on any atom is -0.317 e. The fourth-order valence-electron chi connectivity index (χ4n) is 0. The number of rotatable bonds is 1. The summed E-state index contributed by atoms with van der Waals surface area (Å²) < 4.78 is -0.146. The first-order valence-corrected chi connectivity index (χ1v) is 2.83. The molecular formula is C4H10BrN. The Labute approximate surface area is 47.0 Å². The Kier molecular flexibility index (Phi) is 2.08. The highest BCUT2D eigenvalue weighted by Gasteiger charge is 2.06. The molecule has 1 atom stereocenters. The van der Waals surface area contributed by atoms with Crippen molar-refractivity contribution in [2.75, 3.05) is 0 Å². The number of hydrogen-bond acceptors (Lipinski definition) is 1. The zero-order chi connectivity index (χ0) is 5.21. The van der Waals surface area contributed by atoms with Crippen LogP contribution < -0.4 is 5.73 Å². The number of nitrogens with two attached hydrogens (primary N) is 1. The first-order valence-electron chi connectivity index (χ1n) is 2.04. The Bertz CT molecular complexity index is 37.3. The highest BCUT2D eigenvalue weighted by molar-refractivity contribution is 9.10. The lowest BCUT2D eigenvalue weighted by Gasteiger charge is -2.10. The van der Waals surface area contributed by atoms with Crippen molar-refractivity contribution in [3.8, 4) is 0 Å². The van der Waals surface area contributed by atoms with Gasteiger partial charge >= 0.3 is 0 Å². The minimum absolute atomic E-state index is 0.146. The molecule has 0 radical (unpaired) electrons. The molecule has 0 aromatic rings. The van der Waals surface area contributed by atoms with Crippen LogP contribution in [-0.4, -0.2) is 4.45 Å². The van der Waals surface area contributed by atoms with Crippen LogP contribution in [0.2, 0.25) is 0 Å². The molecule has 6 heavy (non-hydrogen) atoms. The van der Waals surface area contributed by atoms with Crippen LogP contribution in [0.1, 0.15) is 20.3 Å².